The molecule has 0 saturated carbocycles. The lowest BCUT2D eigenvalue weighted by atomic mass is 9.97. The maximum Gasteiger partial charge on any atom is 0.231 e. The van der Waals surface area contributed by atoms with E-state index in [0.717, 1.165) is 17.4 Å². The molecular weight excluding hydrogens is 444 g/mol. The maximum absolute atomic E-state index is 11.5. The summed E-state index contributed by atoms with van der Waals surface area (Å²) in [6.07, 6.45) is 0.748. The minimum Gasteiger partial charge on any atom is -0.506 e. The average molecular weight is 471 g/mol. The highest BCUT2D eigenvalue weighted by Crippen LogP contribution is 2.35. The van der Waals surface area contributed by atoms with E-state index in [2.05, 4.69) is 10.0 Å². The van der Waals surface area contributed by atoms with Crippen molar-refractivity contribution < 1.29 is 28.1 Å². The molecule has 174 valence electrons. The third-order valence-electron chi connectivity index (χ3n) is 5.34. The predicted octanol–water partition coefficient (Wildman–Crippen LogP) is 3.10. The minimum atomic E-state index is -3.57. The van der Waals surface area contributed by atoms with Gasteiger partial charge in [-0.3, -0.25) is 4.72 Å². The third kappa shape index (κ3) is 5.95. The minimum absolute atomic E-state index is 0.0191. The highest BCUT2D eigenvalue weighted by molar-refractivity contribution is 7.92. The Bertz CT molecular complexity index is 1220. The van der Waals surface area contributed by atoms with Crippen LogP contribution in [0.4, 0.5) is 5.69 Å². The van der Waals surface area contributed by atoms with Gasteiger partial charge in [0.2, 0.25) is 16.8 Å². The molecule has 0 spiro atoms. The molecule has 0 aromatic heterocycles. The van der Waals surface area contributed by atoms with Crippen molar-refractivity contribution in [1.29, 1.82) is 0 Å². The van der Waals surface area contributed by atoms with Gasteiger partial charge in [-0.1, -0.05) is 42.5 Å². The zero-order valence-corrected chi connectivity index (χ0v) is 18.9. The number of phenolic OH excluding ortho intramolecular Hbond substituents is 1. The zero-order chi connectivity index (χ0) is 23.4. The normalized spacial score (nSPS) is 14.6. The molecule has 4 rings (SSSR count). The third-order valence-corrected chi connectivity index (χ3v) is 5.93. The average Bonchev–Trinajstić information content (AvgIpc) is 3.25. The van der Waals surface area contributed by atoms with Crippen LogP contribution >= 0.6 is 0 Å². The van der Waals surface area contributed by atoms with Gasteiger partial charge in [0, 0.05) is 12.6 Å². The largest absolute Gasteiger partial charge is 0.506 e. The first-order valence-corrected chi connectivity index (χ1v) is 12.3. The van der Waals surface area contributed by atoms with Crippen LogP contribution in [0.1, 0.15) is 28.8 Å². The number of aromatic hydroxyl groups is 1. The van der Waals surface area contributed by atoms with Gasteiger partial charge in [0.25, 0.3) is 0 Å². The van der Waals surface area contributed by atoms with Gasteiger partial charge in [0.1, 0.15) is 5.75 Å². The second kappa shape index (κ2) is 9.70. The van der Waals surface area contributed by atoms with Gasteiger partial charge in [-0.15, -0.1) is 0 Å². The molecule has 3 aromatic rings. The van der Waals surface area contributed by atoms with Gasteiger partial charge in [-0.2, -0.15) is 0 Å². The highest BCUT2D eigenvalue weighted by Gasteiger charge is 2.20. The smallest absolute Gasteiger partial charge is 0.231 e. The summed E-state index contributed by atoms with van der Waals surface area (Å²) in [5.41, 5.74) is 2.60. The number of aliphatic hydroxyl groups is 1. The van der Waals surface area contributed by atoms with Crippen molar-refractivity contribution in [3.8, 4) is 17.2 Å². The summed E-state index contributed by atoms with van der Waals surface area (Å²) < 4.78 is 36.3. The van der Waals surface area contributed by atoms with Gasteiger partial charge in [0.05, 0.1) is 18.0 Å². The fourth-order valence-electron chi connectivity index (χ4n) is 3.70. The summed E-state index contributed by atoms with van der Waals surface area (Å²) in [6.45, 7) is 0.397. The summed E-state index contributed by atoms with van der Waals surface area (Å²) >= 11 is 0. The SMILES string of the molecule is CS(=O)(=O)Nc1cc([C@H](O)CNC(Cc2ccccc2)c2ccc3c(c2)OCO3)ccc1O. The van der Waals surface area contributed by atoms with Crippen LogP contribution in [0.5, 0.6) is 17.2 Å². The molecule has 9 heteroatoms. The topological polar surface area (TPSA) is 117 Å². The van der Waals surface area contributed by atoms with Crippen LogP contribution in [-0.2, 0) is 16.4 Å². The van der Waals surface area contributed by atoms with E-state index in [1.165, 1.54) is 12.1 Å². The molecule has 0 radical (unpaired) electrons. The Kier molecular flexibility index (Phi) is 6.73. The molecule has 1 aliphatic rings. The lowest BCUT2D eigenvalue weighted by molar-refractivity contribution is 0.169. The summed E-state index contributed by atoms with van der Waals surface area (Å²) in [6, 6.07) is 20.0. The molecule has 3 aromatic carbocycles. The Balaban J connectivity index is 1.52. The number of fused-ring (bicyclic) bond motifs is 1. The van der Waals surface area contributed by atoms with Crippen molar-refractivity contribution in [2.24, 2.45) is 0 Å². The van der Waals surface area contributed by atoms with Crippen LogP contribution in [0.25, 0.3) is 0 Å². The second-order valence-electron chi connectivity index (χ2n) is 7.93. The molecule has 0 aliphatic carbocycles. The first-order valence-electron chi connectivity index (χ1n) is 10.4. The standard InChI is InChI=1S/C24H26N2O6S/c1-33(29,30)26-20-12-18(7-9-21(20)27)22(28)14-25-19(11-16-5-3-2-4-6-16)17-8-10-23-24(13-17)32-15-31-23/h2-10,12-13,19,22,25-28H,11,14-15H2,1H3/t19?,22-/m1/s1. The number of nitrogens with one attached hydrogen (secondary N) is 2. The van der Waals surface area contributed by atoms with Crippen molar-refractivity contribution in [1.82, 2.24) is 5.32 Å². The van der Waals surface area contributed by atoms with Crippen molar-refractivity contribution >= 4 is 15.7 Å². The van der Waals surface area contributed by atoms with Gasteiger partial charge in [-0.25, -0.2) is 8.42 Å². The van der Waals surface area contributed by atoms with Crippen molar-refractivity contribution in [2.75, 3.05) is 24.3 Å². The van der Waals surface area contributed by atoms with E-state index in [1.807, 2.05) is 48.5 Å². The molecule has 0 bridgehead atoms. The first-order chi connectivity index (χ1) is 15.8. The fourth-order valence-corrected chi connectivity index (χ4v) is 4.26. The molecule has 0 saturated heterocycles. The number of hydrogen-bond acceptors (Lipinski definition) is 7. The van der Waals surface area contributed by atoms with Gasteiger partial charge >= 0.3 is 0 Å². The number of rotatable bonds is 9. The number of sulfonamides is 1. The van der Waals surface area contributed by atoms with Gasteiger partial charge < -0.3 is 25.0 Å². The Morgan fingerprint density at radius 1 is 0.970 bits per heavy atom. The van der Waals surface area contributed by atoms with Gasteiger partial charge in [0.15, 0.2) is 11.5 Å². The molecule has 33 heavy (non-hydrogen) atoms. The van der Waals surface area contributed by atoms with Crippen LogP contribution < -0.4 is 19.5 Å². The Hall–Kier alpha value is -3.27. The lowest BCUT2D eigenvalue weighted by Crippen LogP contribution is -2.28. The van der Waals surface area contributed by atoms with Gasteiger partial charge in [-0.05, 0) is 47.4 Å². The first kappa shape index (κ1) is 22.9. The van der Waals surface area contributed by atoms with Crippen LogP contribution in [0.2, 0.25) is 0 Å². The molecule has 8 nitrogen and oxygen atoms in total. The van der Waals surface area contributed by atoms with E-state index in [1.54, 1.807) is 6.07 Å². The van der Waals surface area contributed by atoms with E-state index in [0.29, 0.717) is 23.5 Å². The second-order valence-corrected chi connectivity index (χ2v) is 9.68. The van der Waals surface area contributed by atoms with E-state index in [9.17, 15) is 18.6 Å². The van der Waals surface area contributed by atoms with Crippen LogP contribution in [-0.4, -0.2) is 38.2 Å². The molecule has 0 fully saturated rings. The molecule has 4 N–H and O–H groups in total. The summed E-state index contributed by atoms with van der Waals surface area (Å²) in [5.74, 6) is 1.17. The predicted molar refractivity (Wildman–Crippen MR) is 125 cm³/mol. The zero-order valence-electron chi connectivity index (χ0n) is 18.1. The molecule has 0 amide bonds. The van der Waals surface area contributed by atoms with E-state index >= 15 is 0 Å². The molecule has 2 atom stereocenters. The molecule has 1 aliphatic heterocycles. The lowest BCUT2D eigenvalue weighted by Gasteiger charge is -2.22. The van der Waals surface area contributed by atoms with Crippen LogP contribution in [0.3, 0.4) is 0 Å². The maximum atomic E-state index is 11.5. The van der Waals surface area contributed by atoms with Crippen molar-refractivity contribution in [3.05, 3.63) is 83.4 Å². The number of aliphatic hydroxyl groups excluding tert-OH is 1. The monoisotopic (exact) mass is 470 g/mol. The molecular formula is C24H26N2O6S. The van der Waals surface area contributed by atoms with E-state index in [-0.39, 0.29) is 30.8 Å². The Labute approximate surface area is 192 Å². The van der Waals surface area contributed by atoms with E-state index < -0.39 is 16.1 Å². The van der Waals surface area contributed by atoms with E-state index in [4.69, 9.17) is 9.47 Å². The number of anilines is 1. The summed E-state index contributed by atoms with van der Waals surface area (Å²) in [4.78, 5) is 0. The highest BCUT2D eigenvalue weighted by atomic mass is 32.2. The van der Waals surface area contributed by atoms with Crippen LogP contribution in [0.15, 0.2) is 66.7 Å². The number of hydrogen-bond donors (Lipinski definition) is 4. The Morgan fingerprint density at radius 2 is 1.70 bits per heavy atom. The summed E-state index contributed by atoms with van der Waals surface area (Å²) in [5, 5.41) is 24.1. The fraction of sp³-hybridized carbons (Fsp3) is 0.250. The van der Waals surface area contributed by atoms with Crippen molar-refractivity contribution in [2.45, 2.75) is 18.6 Å². The summed E-state index contributed by atoms with van der Waals surface area (Å²) in [7, 11) is -3.57. The quantitative estimate of drug-likeness (QED) is 0.355. The number of benzene rings is 3. The molecule has 1 unspecified atom stereocenters. The number of phenols is 1. The Morgan fingerprint density at radius 3 is 2.45 bits per heavy atom. The molecule has 1 heterocycles. The van der Waals surface area contributed by atoms with Crippen LogP contribution in [0, 0.1) is 0 Å². The number of ether oxygens (including phenoxy) is 2. The van der Waals surface area contributed by atoms with Crippen molar-refractivity contribution in [3.63, 3.8) is 0 Å².